The number of nitrogen functional groups attached to an aromatic ring is 1. The maximum absolute atomic E-state index is 5.86. The van der Waals surface area contributed by atoms with Crippen LogP contribution in [0.15, 0.2) is 0 Å². The van der Waals surface area contributed by atoms with E-state index in [-0.39, 0.29) is 10.4 Å². The molecule has 80 valence electrons. The highest BCUT2D eigenvalue weighted by atomic mass is 35.5. The van der Waals surface area contributed by atoms with Crippen LogP contribution in [0.5, 0.6) is 0 Å². The van der Waals surface area contributed by atoms with Crippen LogP contribution in [0.2, 0.25) is 10.4 Å². The van der Waals surface area contributed by atoms with Gasteiger partial charge in [0.05, 0.1) is 11.4 Å². The minimum absolute atomic E-state index is 0.191. The molecule has 3 aliphatic carbocycles. The third-order valence-electron chi connectivity index (χ3n) is 3.66. The second-order valence-corrected chi connectivity index (χ2v) is 5.50. The molecule has 4 rings (SSSR count). The highest BCUT2D eigenvalue weighted by Crippen LogP contribution is 2.65. The molecular weight excluding hydrogens is 233 g/mol. The lowest BCUT2D eigenvalue weighted by molar-refractivity contribution is -0.105. The lowest BCUT2D eigenvalue weighted by Gasteiger charge is -2.62. The van der Waals surface area contributed by atoms with Crippen molar-refractivity contribution in [3.05, 3.63) is 16.1 Å². The van der Waals surface area contributed by atoms with Gasteiger partial charge in [0.25, 0.3) is 0 Å². The first-order valence-corrected chi connectivity index (χ1v) is 5.81. The summed E-state index contributed by atoms with van der Waals surface area (Å²) < 4.78 is 0. The molecule has 1 aromatic rings. The van der Waals surface area contributed by atoms with Crippen molar-refractivity contribution in [2.24, 2.45) is 11.3 Å². The van der Waals surface area contributed by atoms with Crippen molar-refractivity contribution in [2.45, 2.75) is 25.7 Å². The zero-order valence-corrected chi connectivity index (χ0v) is 9.65. The summed E-state index contributed by atoms with van der Waals surface area (Å²) in [6.45, 7) is 0. The molecule has 15 heavy (non-hydrogen) atoms. The average Bonchev–Trinajstić information content (AvgIpc) is 2.03. The number of hydrogen-bond donors (Lipinski definition) is 1. The van der Waals surface area contributed by atoms with E-state index < -0.39 is 0 Å². The van der Waals surface area contributed by atoms with Gasteiger partial charge in [0.2, 0.25) is 5.28 Å². The van der Waals surface area contributed by atoms with Crippen molar-refractivity contribution in [2.75, 3.05) is 5.73 Å². The Balaban J connectivity index is 1.90. The Kier molecular flexibility index (Phi) is 1.92. The van der Waals surface area contributed by atoms with E-state index in [1.807, 2.05) is 0 Å². The fourth-order valence-electron chi connectivity index (χ4n) is 2.82. The molecule has 3 aliphatic rings. The fraction of sp³-hybridized carbons (Fsp3) is 0.600. The molecule has 3 nitrogen and oxygen atoms in total. The zero-order chi connectivity index (χ0) is 10.6. The Hall–Kier alpha value is -0.540. The lowest BCUT2D eigenvalue weighted by atomic mass is 9.43. The molecule has 1 aromatic heterocycles. The number of nitrogens with zero attached hydrogens (tertiary/aromatic N) is 2. The monoisotopic (exact) mass is 243 g/mol. The zero-order valence-electron chi connectivity index (χ0n) is 8.13. The third-order valence-corrected chi connectivity index (χ3v) is 4.12. The second kappa shape index (κ2) is 2.98. The van der Waals surface area contributed by atoms with Crippen LogP contribution in [-0.2, 0) is 6.42 Å². The molecule has 0 radical (unpaired) electrons. The molecule has 0 aliphatic heterocycles. The van der Waals surface area contributed by atoms with Crippen molar-refractivity contribution in [3.63, 3.8) is 0 Å². The van der Waals surface area contributed by atoms with E-state index in [2.05, 4.69) is 9.97 Å². The van der Waals surface area contributed by atoms with Crippen LogP contribution in [-0.4, -0.2) is 9.97 Å². The maximum Gasteiger partial charge on any atom is 0.224 e. The topological polar surface area (TPSA) is 51.8 Å². The predicted molar refractivity (Wildman–Crippen MR) is 59.9 cm³/mol. The highest BCUT2D eigenvalue weighted by molar-refractivity contribution is 6.33. The van der Waals surface area contributed by atoms with Crippen LogP contribution < -0.4 is 5.73 Å². The van der Waals surface area contributed by atoms with E-state index in [0.29, 0.717) is 11.1 Å². The molecule has 0 amide bonds. The summed E-state index contributed by atoms with van der Waals surface area (Å²) in [5.74, 6) is 0.957. The van der Waals surface area contributed by atoms with Gasteiger partial charge in [0, 0.05) is 0 Å². The average molecular weight is 244 g/mol. The summed E-state index contributed by atoms with van der Waals surface area (Å²) in [7, 11) is 0. The van der Waals surface area contributed by atoms with Gasteiger partial charge < -0.3 is 5.73 Å². The molecule has 2 bridgehead atoms. The molecule has 0 aromatic carbocycles. The van der Waals surface area contributed by atoms with Gasteiger partial charge in [-0.15, -0.1) is 0 Å². The van der Waals surface area contributed by atoms with Gasteiger partial charge in [0.15, 0.2) is 5.15 Å². The Labute approximate surface area is 98.0 Å². The van der Waals surface area contributed by atoms with E-state index >= 15 is 0 Å². The Morgan fingerprint density at radius 2 is 1.93 bits per heavy atom. The van der Waals surface area contributed by atoms with Crippen LogP contribution in [0.3, 0.4) is 0 Å². The molecule has 2 N–H and O–H groups in total. The SMILES string of the molecule is Nc1c(Cl)nc(Cl)nc1CC12CC(C1)C2. The lowest BCUT2D eigenvalue weighted by Crippen LogP contribution is -2.53. The molecule has 3 fully saturated rings. The van der Waals surface area contributed by atoms with Crippen LogP contribution in [0, 0.1) is 11.3 Å². The van der Waals surface area contributed by atoms with Crippen molar-refractivity contribution in [1.29, 1.82) is 0 Å². The van der Waals surface area contributed by atoms with E-state index in [0.717, 1.165) is 18.0 Å². The van der Waals surface area contributed by atoms with Crippen molar-refractivity contribution >= 4 is 28.9 Å². The Morgan fingerprint density at radius 1 is 1.27 bits per heavy atom. The Bertz CT molecular complexity index is 416. The normalized spacial score (nSPS) is 32.0. The molecule has 0 unspecified atom stereocenters. The quantitative estimate of drug-likeness (QED) is 0.642. The standard InChI is InChI=1S/C10H11Cl2N3/c11-8-7(13)6(14-9(12)15-8)4-10-1-5(2-10)3-10/h5H,1-4,13H2. The summed E-state index contributed by atoms with van der Waals surface area (Å²) in [6, 6.07) is 0. The van der Waals surface area contributed by atoms with Crippen LogP contribution in [0.25, 0.3) is 0 Å². The van der Waals surface area contributed by atoms with Crippen molar-refractivity contribution < 1.29 is 0 Å². The van der Waals surface area contributed by atoms with E-state index in [9.17, 15) is 0 Å². The van der Waals surface area contributed by atoms with Gasteiger partial charge in [-0.05, 0) is 48.6 Å². The molecule has 1 heterocycles. The van der Waals surface area contributed by atoms with Gasteiger partial charge in [0.1, 0.15) is 0 Å². The number of anilines is 1. The summed E-state index contributed by atoms with van der Waals surface area (Å²) in [6.07, 6.45) is 4.83. The summed E-state index contributed by atoms with van der Waals surface area (Å²) in [4.78, 5) is 7.99. The maximum atomic E-state index is 5.86. The van der Waals surface area contributed by atoms with Gasteiger partial charge in [-0.1, -0.05) is 11.6 Å². The van der Waals surface area contributed by atoms with Gasteiger partial charge in [-0.3, -0.25) is 0 Å². The van der Waals surface area contributed by atoms with E-state index in [1.54, 1.807) is 0 Å². The number of halogens is 2. The first-order valence-electron chi connectivity index (χ1n) is 5.05. The molecule has 5 heteroatoms. The number of nitrogens with two attached hydrogens (primary N) is 1. The molecule has 0 atom stereocenters. The number of rotatable bonds is 2. The molecule has 3 saturated carbocycles. The number of hydrogen-bond acceptors (Lipinski definition) is 3. The minimum atomic E-state index is 0.191. The first kappa shape index (κ1) is 9.67. The highest BCUT2D eigenvalue weighted by Gasteiger charge is 2.56. The van der Waals surface area contributed by atoms with Crippen LogP contribution >= 0.6 is 23.2 Å². The van der Waals surface area contributed by atoms with Gasteiger partial charge in [-0.25, -0.2) is 9.97 Å². The Morgan fingerprint density at radius 3 is 2.47 bits per heavy atom. The summed E-state index contributed by atoms with van der Waals surface area (Å²) in [5, 5.41) is 0.465. The van der Waals surface area contributed by atoms with Gasteiger partial charge >= 0.3 is 0 Å². The van der Waals surface area contributed by atoms with Gasteiger partial charge in [-0.2, -0.15) is 0 Å². The second-order valence-electron chi connectivity index (χ2n) is 4.80. The van der Waals surface area contributed by atoms with Crippen LogP contribution in [0.1, 0.15) is 25.0 Å². The fourth-order valence-corrected chi connectivity index (χ4v) is 3.24. The van der Waals surface area contributed by atoms with E-state index in [1.165, 1.54) is 19.3 Å². The molecule has 0 spiro atoms. The van der Waals surface area contributed by atoms with Crippen molar-refractivity contribution in [1.82, 2.24) is 9.97 Å². The minimum Gasteiger partial charge on any atom is -0.395 e. The predicted octanol–water partition coefficient (Wildman–Crippen LogP) is 2.71. The van der Waals surface area contributed by atoms with E-state index in [4.69, 9.17) is 28.9 Å². The van der Waals surface area contributed by atoms with Crippen LogP contribution in [0.4, 0.5) is 5.69 Å². The molecular formula is C10H11Cl2N3. The largest absolute Gasteiger partial charge is 0.395 e. The third kappa shape index (κ3) is 1.41. The number of aromatic nitrogens is 2. The van der Waals surface area contributed by atoms with Crippen molar-refractivity contribution in [3.8, 4) is 0 Å². The smallest absolute Gasteiger partial charge is 0.224 e. The summed E-state index contributed by atoms with van der Waals surface area (Å²) in [5.41, 5.74) is 7.61. The molecule has 0 saturated heterocycles. The summed E-state index contributed by atoms with van der Waals surface area (Å²) >= 11 is 11.6. The first-order chi connectivity index (χ1) is 7.08.